The van der Waals surface area contributed by atoms with Gasteiger partial charge in [-0.2, -0.15) is 13.2 Å². The van der Waals surface area contributed by atoms with E-state index >= 15 is 0 Å². The van der Waals surface area contributed by atoms with Crippen molar-refractivity contribution in [3.63, 3.8) is 0 Å². The molecule has 0 spiro atoms. The Labute approximate surface area is 195 Å². The van der Waals surface area contributed by atoms with Crippen LogP contribution in [0.5, 0.6) is 0 Å². The number of hydrogen-bond acceptors (Lipinski definition) is 4. The zero-order chi connectivity index (χ0) is 23.5. The van der Waals surface area contributed by atoms with Crippen molar-refractivity contribution in [2.24, 2.45) is 11.3 Å². The van der Waals surface area contributed by atoms with Gasteiger partial charge in [0.2, 0.25) is 0 Å². The van der Waals surface area contributed by atoms with E-state index in [9.17, 15) is 22.8 Å². The van der Waals surface area contributed by atoms with Gasteiger partial charge in [-0.05, 0) is 67.8 Å². The molecule has 0 radical (unpaired) electrons. The van der Waals surface area contributed by atoms with Gasteiger partial charge in [-0.3, -0.25) is 9.59 Å². The number of piperidine rings is 1. The predicted octanol–water partition coefficient (Wildman–Crippen LogP) is 4.44. The summed E-state index contributed by atoms with van der Waals surface area (Å²) in [7, 11) is 1.35. The first kappa shape index (κ1) is 25.0. The van der Waals surface area contributed by atoms with Crippen molar-refractivity contribution in [3.8, 4) is 0 Å². The number of esters is 1. The maximum Gasteiger partial charge on any atom is 0.471 e. The van der Waals surface area contributed by atoms with Crippen molar-refractivity contribution in [2.75, 3.05) is 33.3 Å². The maximum atomic E-state index is 13.4. The van der Waals surface area contributed by atoms with E-state index in [0.717, 1.165) is 14.9 Å². The molecule has 2 aliphatic rings. The third kappa shape index (κ3) is 6.47. The second kappa shape index (κ2) is 10.1. The van der Waals surface area contributed by atoms with Gasteiger partial charge in [0.25, 0.3) is 0 Å². The van der Waals surface area contributed by atoms with Gasteiger partial charge in [-0.25, -0.2) is 0 Å². The first-order valence-corrected chi connectivity index (χ1v) is 11.7. The lowest BCUT2D eigenvalue weighted by Gasteiger charge is -2.45. The van der Waals surface area contributed by atoms with Crippen LogP contribution >= 0.6 is 15.9 Å². The van der Waals surface area contributed by atoms with E-state index in [1.54, 1.807) is 0 Å². The topological polar surface area (TPSA) is 49.9 Å². The molecule has 2 atom stereocenters. The van der Waals surface area contributed by atoms with Crippen LogP contribution in [-0.2, 0) is 20.7 Å². The van der Waals surface area contributed by atoms with Gasteiger partial charge in [0, 0.05) is 23.6 Å². The highest BCUT2D eigenvalue weighted by molar-refractivity contribution is 9.10. The largest absolute Gasteiger partial charge is 0.471 e. The highest BCUT2D eigenvalue weighted by Gasteiger charge is 2.52. The Hall–Kier alpha value is -1.61. The lowest BCUT2D eigenvalue weighted by atomic mass is 9.73. The van der Waals surface area contributed by atoms with Crippen molar-refractivity contribution >= 4 is 27.8 Å². The lowest BCUT2D eigenvalue weighted by molar-refractivity contribution is -0.188. The monoisotopic (exact) mass is 518 g/mol. The minimum atomic E-state index is -4.87. The van der Waals surface area contributed by atoms with Crippen LogP contribution in [0.1, 0.15) is 38.2 Å². The molecule has 1 saturated carbocycles. The van der Waals surface area contributed by atoms with Crippen LogP contribution in [0.2, 0.25) is 0 Å². The molecule has 0 bridgehead atoms. The molecule has 1 amide bonds. The molecule has 2 unspecified atom stereocenters. The van der Waals surface area contributed by atoms with E-state index in [0.29, 0.717) is 45.3 Å². The standard InChI is InChI=1S/C23H30BrF3N2O3/c1-16-12-19(16)29(21(31)23(25,26)27)15-22(14-17-4-3-5-18(24)13-17)7-10-28(11-8-22)9-6-20(30)32-2/h3-5,13,16,19H,6-12,14-15H2,1-2H3. The van der Waals surface area contributed by atoms with Gasteiger partial charge in [0.15, 0.2) is 0 Å². The Morgan fingerprint density at radius 3 is 2.47 bits per heavy atom. The average molecular weight is 519 g/mol. The van der Waals surface area contributed by atoms with Crippen LogP contribution in [0.15, 0.2) is 28.7 Å². The summed E-state index contributed by atoms with van der Waals surface area (Å²) in [6.07, 6.45) is -2.07. The normalized spacial score (nSPS) is 22.9. The summed E-state index contributed by atoms with van der Waals surface area (Å²) in [5.74, 6) is -1.92. The minimum Gasteiger partial charge on any atom is -0.469 e. The molecule has 178 valence electrons. The second-order valence-electron chi connectivity index (χ2n) is 9.19. The number of ether oxygens (including phenoxy) is 1. The summed E-state index contributed by atoms with van der Waals surface area (Å²) in [6, 6.07) is 7.45. The molecule has 1 aliphatic heterocycles. The molecule has 3 rings (SSSR count). The number of likely N-dealkylation sites (tertiary alicyclic amines) is 1. The highest BCUT2D eigenvalue weighted by Crippen LogP contribution is 2.43. The Bertz CT molecular complexity index is 825. The highest BCUT2D eigenvalue weighted by atomic mass is 79.9. The van der Waals surface area contributed by atoms with Crippen molar-refractivity contribution in [1.29, 1.82) is 0 Å². The predicted molar refractivity (Wildman–Crippen MR) is 118 cm³/mol. The van der Waals surface area contributed by atoms with Crippen LogP contribution in [0.25, 0.3) is 0 Å². The molecule has 1 aliphatic carbocycles. The molecule has 0 aromatic heterocycles. The SMILES string of the molecule is COC(=O)CCN1CCC(Cc2cccc(Br)c2)(CN(C(=O)C(F)(F)F)C2CC2C)CC1. The van der Waals surface area contributed by atoms with Crippen LogP contribution < -0.4 is 0 Å². The molecule has 5 nitrogen and oxygen atoms in total. The minimum absolute atomic E-state index is 0.0874. The fourth-order valence-electron chi connectivity index (χ4n) is 4.67. The molecule has 32 heavy (non-hydrogen) atoms. The van der Waals surface area contributed by atoms with Crippen molar-refractivity contribution in [3.05, 3.63) is 34.3 Å². The molecule has 1 saturated heterocycles. The number of hydrogen-bond donors (Lipinski definition) is 0. The summed E-state index contributed by atoms with van der Waals surface area (Å²) in [6.45, 7) is 3.87. The third-order valence-corrected chi connectivity index (χ3v) is 7.21. The van der Waals surface area contributed by atoms with Crippen molar-refractivity contribution in [2.45, 2.75) is 51.2 Å². The second-order valence-corrected chi connectivity index (χ2v) is 10.1. The molecule has 2 fully saturated rings. The van der Waals surface area contributed by atoms with Gasteiger partial charge in [0.05, 0.1) is 13.5 Å². The first-order chi connectivity index (χ1) is 15.0. The number of rotatable bonds is 8. The van der Waals surface area contributed by atoms with E-state index in [1.807, 2.05) is 31.2 Å². The number of amides is 1. The number of carbonyl (C=O) groups excluding carboxylic acids is 2. The molecular formula is C23H30BrF3N2O3. The molecule has 1 aromatic rings. The third-order valence-electron chi connectivity index (χ3n) is 6.72. The average Bonchev–Trinajstić information content (AvgIpc) is 3.46. The summed E-state index contributed by atoms with van der Waals surface area (Å²) in [5, 5.41) is 0. The number of carbonyl (C=O) groups is 2. The number of benzene rings is 1. The van der Waals surface area contributed by atoms with Gasteiger partial charge < -0.3 is 14.5 Å². The van der Waals surface area contributed by atoms with E-state index in [1.165, 1.54) is 7.11 Å². The summed E-state index contributed by atoms with van der Waals surface area (Å²) < 4.78 is 45.8. The molecule has 0 N–H and O–H groups in total. The summed E-state index contributed by atoms with van der Waals surface area (Å²) >= 11 is 3.47. The maximum absolute atomic E-state index is 13.4. The van der Waals surface area contributed by atoms with E-state index in [-0.39, 0.29) is 30.9 Å². The summed E-state index contributed by atoms with van der Waals surface area (Å²) in [4.78, 5) is 27.0. The zero-order valence-electron chi connectivity index (χ0n) is 18.5. The Kier molecular flexibility index (Phi) is 7.91. The van der Waals surface area contributed by atoms with Gasteiger partial charge in [-0.15, -0.1) is 0 Å². The van der Waals surface area contributed by atoms with Crippen LogP contribution in [0.4, 0.5) is 13.2 Å². The van der Waals surface area contributed by atoms with Gasteiger partial charge in [0.1, 0.15) is 0 Å². The van der Waals surface area contributed by atoms with Crippen LogP contribution in [-0.4, -0.2) is 67.2 Å². The number of methoxy groups -OCH3 is 1. The Morgan fingerprint density at radius 2 is 1.94 bits per heavy atom. The summed E-state index contributed by atoms with van der Waals surface area (Å²) in [5.41, 5.74) is 0.580. The molecule has 9 heteroatoms. The molecular weight excluding hydrogens is 489 g/mol. The Morgan fingerprint density at radius 1 is 1.28 bits per heavy atom. The van der Waals surface area contributed by atoms with Gasteiger partial charge in [-0.1, -0.05) is 35.0 Å². The number of alkyl halides is 3. The van der Waals surface area contributed by atoms with Crippen LogP contribution in [0, 0.1) is 11.3 Å². The van der Waals surface area contributed by atoms with Crippen LogP contribution in [0.3, 0.4) is 0 Å². The quantitative estimate of drug-likeness (QED) is 0.477. The lowest BCUT2D eigenvalue weighted by Crippen LogP contribution is -2.52. The smallest absolute Gasteiger partial charge is 0.469 e. The van der Waals surface area contributed by atoms with E-state index in [4.69, 9.17) is 4.74 Å². The fraction of sp³-hybridized carbons (Fsp3) is 0.652. The Balaban J connectivity index is 1.79. The van der Waals surface area contributed by atoms with Crippen molar-refractivity contribution < 1.29 is 27.5 Å². The number of nitrogens with zero attached hydrogens (tertiary/aromatic N) is 2. The van der Waals surface area contributed by atoms with E-state index in [2.05, 4.69) is 20.8 Å². The molecule has 1 aromatic carbocycles. The first-order valence-electron chi connectivity index (χ1n) is 10.9. The zero-order valence-corrected chi connectivity index (χ0v) is 20.0. The number of halogens is 4. The molecule has 1 heterocycles. The van der Waals surface area contributed by atoms with Crippen molar-refractivity contribution in [1.82, 2.24) is 9.80 Å². The van der Waals surface area contributed by atoms with Gasteiger partial charge >= 0.3 is 18.1 Å². The fourth-order valence-corrected chi connectivity index (χ4v) is 5.12. The van der Waals surface area contributed by atoms with E-state index < -0.39 is 17.5 Å².